The van der Waals surface area contributed by atoms with Gasteiger partial charge in [0.15, 0.2) is 0 Å². The number of benzene rings is 3. The Labute approximate surface area is 194 Å². The molecule has 3 aromatic carbocycles. The second kappa shape index (κ2) is 10.3. The van der Waals surface area contributed by atoms with E-state index in [1.807, 2.05) is 66.7 Å². The van der Waals surface area contributed by atoms with Crippen LogP contribution >= 0.6 is 0 Å². The predicted octanol–water partition coefficient (Wildman–Crippen LogP) is 8.89. The molecule has 2 nitrogen and oxygen atoms in total. The molecule has 0 amide bonds. The van der Waals surface area contributed by atoms with Crippen molar-refractivity contribution >= 4 is 21.5 Å². The molecule has 0 bridgehead atoms. The number of nitrogens with zero attached hydrogens (tertiary/aromatic N) is 1. The summed E-state index contributed by atoms with van der Waals surface area (Å²) in [4.78, 5) is 0.726. The zero-order valence-electron chi connectivity index (χ0n) is 20.1. The Morgan fingerprint density at radius 3 is 1.69 bits per heavy atom. The summed E-state index contributed by atoms with van der Waals surface area (Å²) in [6.07, 6.45) is 1.92. The topological polar surface area (TPSA) is 29.4 Å². The zero-order valence-corrected chi connectivity index (χ0v) is 20.9. The molecule has 3 rings (SSSR count). The molecule has 0 aliphatic carbocycles. The minimum atomic E-state index is -2.82. The van der Waals surface area contributed by atoms with E-state index in [2.05, 4.69) is 53.7 Å². The molecule has 0 N–H and O–H groups in total. The molecule has 1 atom stereocenters. The molecule has 0 aromatic heterocycles. The Morgan fingerprint density at radius 2 is 1.22 bits per heavy atom. The second-order valence-corrected chi connectivity index (χ2v) is 11.3. The van der Waals surface area contributed by atoms with E-state index in [0.29, 0.717) is 5.92 Å². The van der Waals surface area contributed by atoms with Gasteiger partial charge in [-0.2, -0.15) is 4.36 Å². The van der Waals surface area contributed by atoms with E-state index in [-0.39, 0.29) is 11.8 Å². The van der Waals surface area contributed by atoms with Crippen LogP contribution in [0.25, 0.3) is 6.08 Å². The van der Waals surface area contributed by atoms with Gasteiger partial charge in [0.2, 0.25) is 0 Å². The van der Waals surface area contributed by atoms with Crippen molar-refractivity contribution in [2.24, 2.45) is 4.36 Å². The van der Waals surface area contributed by atoms with Gasteiger partial charge in [-0.1, -0.05) is 102 Å². The molecule has 0 heterocycles. The van der Waals surface area contributed by atoms with Crippen molar-refractivity contribution in [1.29, 1.82) is 0 Å². The molecule has 3 aromatic rings. The van der Waals surface area contributed by atoms with Gasteiger partial charge in [0.25, 0.3) is 0 Å². The van der Waals surface area contributed by atoms with Crippen LogP contribution in [-0.4, -0.2) is 4.21 Å². The Balaban J connectivity index is 2.32. The van der Waals surface area contributed by atoms with Gasteiger partial charge >= 0.3 is 0 Å². The summed E-state index contributed by atoms with van der Waals surface area (Å²) in [5, 5.41) is 1.78. The fraction of sp³-hybridized carbons (Fsp3) is 0.310. The Kier molecular flexibility index (Phi) is 7.73. The molecular formula is C29H35NOS. The lowest BCUT2D eigenvalue weighted by atomic mass is 9.88. The standard InChI is InChI=1S/C29H35NOS/c1-21(2)25-19-27(22(3)4)29(28(20-25)23(5)6)30-32(31,26-15-11-8-12-16-26)18-17-24-13-9-7-10-14-24/h7-23H,1-6H3/b18-17+. The van der Waals surface area contributed by atoms with Gasteiger partial charge < -0.3 is 0 Å². The molecule has 0 saturated carbocycles. The fourth-order valence-corrected chi connectivity index (χ4v) is 5.36. The number of rotatable bonds is 7. The van der Waals surface area contributed by atoms with Crippen molar-refractivity contribution < 1.29 is 4.21 Å². The predicted molar refractivity (Wildman–Crippen MR) is 139 cm³/mol. The van der Waals surface area contributed by atoms with E-state index >= 15 is 0 Å². The SMILES string of the molecule is CC(C)c1cc(C(C)C)c(N=S(=O)(/C=C/c2ccccc2)c2ccccc2)c(C(C)C)c1. The molecule has 168 valence electrons. The van der Waals surface area contributed by atoms with E-state index in [1.54, 1.807) is 5.41 Å². The first-order valence-corrected chi connectivity index (χ1v) is 13.0. The summed E-state index contributed by atoms with van der Waals surface area (Å²) >= 11 is 0. The summed E-state index contributed by atoms with van der Waals surface area (Å²) in [7, 11) is -2.82. The molecule has 0 aliphatic heterocycles. The van der Waals surface area contributed by atoms with Crippen molar-refractivity contribution in [3.63, 3.8) is 0 Å². The van der Waals surface area contributed by atoms with Crippen LogP contribution < -0.4 is 0 Å². The van der Waals surface area contributed by atoms with Gasteiger partial charge in [-0.05, 0) is 58.2 Å². The van der Waals surface area contributed by atoms with Crippen LogP contribution in [0.2, 0.25) is 0 Å². The highest BCUT2D eigenvalue weighted by Crippen LogP contribution is 2.39. The van der Waals surface area contributed by atoms with Crippen LogP contribution in [0.15, 0.2) is 87.5 Å². The molecule has 0 aliphatic rings. The molecule has 0 fully saturated rings. The summed E-state index contributed by atoms with van der Waals surface area (Å²) in [5.74, 6) is 0.987. The summed E-state index contributed by atoms with van der Waals surface area (Å²) in [5.41, 5.74) is 5.52. The lowest BCUT2D eigenvalue weighted by Gasteiger charge is -2.21. The van der Waals surface area contributed by atoms with Gasteiger partial charge in [0.1, 0.15) is 9.73 Å². The maximum atomic E-state index is 14.4. The Morgan fingerprint density at radius 1 is 0.719 bits per heavy atom. The van der Waals surface area contributed by atoms with Crippen molar-refractivity contribution in [2.75, 3.05) is 0 Å². The number of hydrogen-bond donors (Lipinski definition) is 0. The van der Waals surface area contributed by atoms with E-state index in [4.69, 9.17) is 4.36 Å². The second-order valence-electron chi connectivity index (χ2n) is 9.20. The smallest absolute Gasteiger partial charge is 0.102 e. The average molecular weight is 446 g/mol. The average Bonchev–Trinajstić information content (AvgIpc) is 2.78. The van der Waals surface area contributed by atoms with Gasteiger partial charge in [-0.15, -0.1) is 0 Å². The van der Waals surface area contributed by atoms with Gasteiger partial charge in [0, 0.05) is 5.41 Å². The van der Waals surface area contributed by atoms with E-state index in [9.17, 15) is 4.21 Å². The molecule has 0 spiro atoms. The van der Waals surface area contributed by atoms with Crippen molar-refractivity contribution in [2.45, 2.75) is 64.2 Å². The van der Waals surface area contributed by atoms with Crippen LogP contribution in [0.5, 0.6) is 0 Å². The zero-order chi connectivity index (χ0) is 23.3. The van der Waals surface area contributed by atoms with E-state index in [1.165, 1.54) is 5.56 Å². The van der Waals surface area contributed by atoms with Crippen LogP contribution in [-0.2, 0) is 9.73 Å². The molecular weight excluding hydrogens is 410 g/mol. The largest absolute Gasteiger partial charge is 0.240 e. The Bertz CT molecular complexity index is 1150. The minimum absolute atomic E-state index is 0.280. The first-order chi connectivity index (χ1) is 15.2. The van der Waals surface area contributed by atoms with Crippen molar-refractivity contribution in [3.8, 4) is 0 Å². The van der Waals surface area contributed by atoms with Crippen molar-refractivity contribution in [3.05, 3.63) is 100 Å². The third-order valence-electron chi connectivity index (χ3n) is 5.65. The lowest BCUT2D eigenvalue weighted by Crippen LogP contribution is -2.03. The highest BCUT2D eigenvalue weighted by atomic mass is 32.2. The summed E-state index contributed by atoms with van der Waals surface area (Å²) in [6, 6.07) is 24.1. The van der Waals surface area contributed by atoms with Crippen LogP contribution in [0.4, 0.5) is 5.69 Å². The molecule has 0 saturated heterocycles. The quantitative estimate of drug-likeness (QED) is 0.357. The molecule has 0 radical (unpaired) electrons. The van der Waals surface area contributed by atoms with E-state index in [0.717, 1.165) is 27.3 Å². The number of hydrogen-bond acceptors (Lipinski definition) is 2. The monoisotopic (exact) mass is 445 g/mol. The minimum Gasteiger partial charge on any atom is -0.240 e. The van der Waals surface area contributed by atoms with Gasteiger partial charge in [-0.25, -0.2) is 4.21 Å². The van der Waals surface area contributed by atoms with Gasteiger partial charge in [-0.3, -0.25) is 0 Å². The van der Waals surface area contributed by atoms with E-state index < -0.39 is 9.73 Å². The molecule has 3 heteroatoms. The highest BCUT2D eigenvalue weighted by molar-refractivity contribution is 7.96. The molecule has 32 heavy (non-hydrogen) atoms. The van der Waals surface area contributed by atoms with Gasteiger partial charge in [0.05, 0.1) is 10.6 Å². The maximum absolute atomic E-state index is 14.4. The van der Waals surface area contributed by atoms with Crippen LogP contribution in [0.1, 0.15) is 81.5 Å². The normalized spacial score (nSPS) is 13.8. The first-order valence-electron chi connectivity index (χ1n) is 11.4. The third-order valence-corrected chi connectivity index (χ3v) is 7.56. The fourth-order valence-electron chi connectivity index (χ4n) is 3.67. The third kappa shape index (κ3) is 5.58. The summed E-state index contributed by atoms with van der Waals surface area (Å²) in [6.45, 7) is 13.2. The van der Waals surface area contributed by atoms with Crippen LogP contribution in [0.3, 0.4) is 0 Å². The van der Waals surface area contributed by atoms with Crippen molar-refractivity contribution in [1.82, 2.24) is 0 Å². The van der Waals surface area contributed by atoms with Crippen LogP contribution in [0, 0.1) is 0 Å². The Hall–Kier alpha value is -2.65. The molecule has 1 unspecified atom stereocenters. The maximum Gasteiger partial charge on any atom is 0.102 e. The summed E-state index contributed by atoms with van der Waals surface area (Å²) < 4.78 is 19.5. The highest BCUT2D eigenvalue weighted by Gasteiger charge is 2.19. The first kappa shape index (κ1) is 24.0. The lowest BCUT2D eigenvalue weighted by molar-refractivity contribution is 0.682.